The van der Waals surface area contributed by atoms with E-state index < -0.39 is 11.0 Å². The second-order valence-electron chi connectivity index (χ2n) is 6.74. The number of nitro benzene ring substituents is 1. The standard InChI is InChI=1S/C17H24N2O4/c20-16(11-18-9-13-4-1-2-5-14(13)10-18)12-23-17-7-3-6-15(8-17)19(21)22/h3,6-8,13-14,16,20H,1-2,4-5,9-12H2. The van der Waals surface area contributed by atoms with Crippen molar-refractivity contribution in [2.24, 2.45) is 11.8 Å². The number of likely N-dealkylation sites (tertiary alicyclic amines) is 1. The quantitative estimate of drug-likeness (QED) is 0.643. The minimum absolute atomic E-state index is 0.000563. The van der Waals surface area contributed by atoms with Crippen molar-refractivity contribution in [3.8, 4) is 5.75 Å². The molecule has 6 nitrogen and oxygen atoms in total. The van der Waals surface area contributed by atoms with E-state index in [1.165, 1.54) is 37.8 Å². The van der Waals surface area contributed by atoms with Crippen LogP contribution in [-0.4, -0.2) is 47.3 Å². The lowest BCUT2D eigenvalue weighted by atomic mass is 9.82. The average Bonchev–Trinajstić information content (AvgIpc) is 2.95. The van der Waals surface area contributed by atoms with Gasteiger partial charge in [0, 0.05) is 25.7 Å². The first-order valence-electron chi connectivity index (χ1n) is 8.39. The van der Waals surface area contributed by atoms with E-state index in [2.05, 4.69) is 4.90 Å². The van der Waals surface area contributed by atoms with Crippen LogP contribution >= 0.6 is 0 Å². The van der Waals surface area contributed by atoms with Gasteiger partial charge in [0.2, 0.25) is 0 Å². The predicted molar refractivity (Wildman–Crippen MR) is 86.5 cm³/mol. The molecule has 1 saturated heterocycles. The third-order valence-corrected chi connectivity index (χ3v) is 4.99. The van der Waals surface area contributed by atoms with E-state index in [0.29, 0.717) is 12.3 Å². The van der Waals surface area contributed by atoms with E-state index in [0.717, 1.165) is 24.9 Å². The smallest absolute Gasteiger partial charge is 0.273 e. The fraction of sp³-hybridized carbons (Fsp3) is 0.647. The van der Waals surface area contributed by atoms with E-state index in [-0.39, 0.29) is 12.3 Å². The first-order chi connectivity index (χ1) is 11.1. The summed E-state index contributed by atoms with van der Waals surface area (Å²) < 4.78 is 5.51. The van der Waals surface area contributed by atoms with Crippen LogP contribution in [0.4, 0.5) is 5.69 Å². The largest absolute Gasteiger partial charge is 0.491 e. The highest BCUT2D eigenvalue weighted by Crippen LogP contribution is 2.35. The van der Waals surface area contributed by atoms with E-state index in [1.54, 1.807) is 12.1 Å². The minimum atomic E-state index is -0.575. The van der Waals surface area contributed by atoms with E-state index in [4.69, 9.17) is 4.74 Å². The lowest BCUT2D eigenvalue weighted by Gasteiger charge is -2.23. The molecule has 1 aliphatic carbocycles. The highest BCUT2D eigenvalue weighted by atomic mass is 16.6. The third kappa shape index (κ3) is 4.20. The third-order valence-electron chi connectivity index (χ3n) is 4.99. The molecule has 6 heteroatoms. The molecule has 126 valence electrons. The summed E-state index contributed by atoms with van der Waals surface area (Å²) in [5.74, 6) is 2.02. The lowest BCUT2D eigenvalue weighted by molar-refractivity contribution is -0.384. The Morgan fingerprint density at radius 1 is 1.30 bits per heavy atom. The molecule has 23 heavy (non-hydrogen) atoms. The van der Waals surface area contributed by atoms with Crippen LogP contribution in [0.5, 0.6) is 5.75 Å². The minimum Gasteiger partial charge on any atom is -0.491 e. The summed E-state index contributed by atoms with van der Waals surface area (Å²) in [7, 11) is 0. The van der Waals surface area contributed by atoms with Gasteiger partial charge in [0.1, 0.15) is 18.5 Å². The van der Waals surface area contributed by atoms with Crippen LogP contribution in [0.2, 0.25) is 0 Å². The Morgan fingerprint density at radius 2 is 2.00 bits per heavy atom. The van der Waals surface area contributed by atoms with Crippen molar-refractivity contribution in [3.05, 3.63) is 34.4 Å². The van der Waals surface area contributed by atoms with E-state index in [9.17, 15) is 15.2 Å². The van der Waals surface area contributed by atoms with Crippen LogP contribution < -0.4 is 4.74 Å². The summed E-state index contributed by atoms with van der Waals surface area (Å²) >= 11 is 0. The number of benzene rings is 1. The molecule has 1 N–H and O–H groups in total. The van der Waals surface area contributed by atoms with Crippen LogP contribution in [0.3, 0.4) is 0 Å². The molecule has 0 radical (unpaired) electrons. The van der Waals surface area contributed by atoms with Gasteiger partial charge in [0.25, 0.3) is 5.69 Å². The first-order valence-corrected chi connectivity index (χ1v) is 8.39. The van der Waals surface area contributed by atoms with Crippen LogP contribution in [0.25, 0.3) is 0 Å². The highest BCUT2D eigenvalue weighted by molar-refractivity contribution is 5.37. The van der Waals surface area contributed by atoms with Crippen LogP contribution in [-0.2, 0) is 0 Å². The van der Waals surface area contributed by atoms with Gasteiger partial charge in [-0.3, -0.25) is 10.1 Å². The number of fused-ring (bicyclic) bond motifs is 1. The zero-order chi connectivity index (χ0) is 16.2. The zero-order valence-corrected chi connectivity index (χ0v) is 13.3. The molecule has 0 aromatic heterocycles. The monoisotopic (exact) mass is 320 g/mol. The van der Waals surface area contributed by atoms with Gasteiger partial charge in [-0.2, -0.15) is 0 Å². The van der Waals surface area contributed by atoms with Gasteiger partial charge < -0.3 is 14.7 Å². The van der Waals surface area contributed by atoms with Gasteiger partial charge in [-0.1, -0.05) is 18.9 Å². The summed E-state index contributed by atoms with van der Waals surface area (Å²) in [5, 5.41) is 20.9. The molecule has 1 aliphatic heterocycles. The van der Waals surface area contributed by atoms with Gasteiger partial charge in [-0.25, -0.2) is 0 Å². The van der Waals surface area contributed by atoms with E-state index >= 15 is 0 Å². The molecular weight excluding hydrogens is 296 g/mol. The maximum atomic E-state index is 10.7. The second kappa shape index (κ2) is 7.27. The molecule has 0 spiro atoms. The van der Waals surface area contributed by atoms with E-state index in [1.807, 2.05) is 0 Å². The average molecular weight is 320 g/mol. The van der Waals surface area contributed by atoms with Crippen molar-refractivity contribution in [3.63, 3.8) is 0 Å². The predicted octanol–water partition coefficient (Wildman–Crippen LogP) is 2.46. The van der Waals surface area contributed by atoms with Gasteiger partial charge in [-0.15, -0.1) is 0 Å². The highest BCUT2D eigenvalue weighted by Gasteiger charge is 2.34. The molecule has 1 aromatic carbocycles. The molecule has 1 aromatic rings. The number of nitro groups is 1. The molecular formula is C17H24N2O4. The maximum Gasteiger partial charge on any atom is 0.273 e. The SMILES string of the molecule is O=[N+]([O-])c1cccc(OCC(O)CN2CC3CCCCC3C2)c1. The van der Waals surface area contributed by atoms with Crippen molar-refractivity contribution in [1.82, 2.24) is 4.90 Å². The number of aliphatic hydroxyl groups is 1. The Balaban J connectivity index is 1.45. The number of hydrogen-bond donors (Lipinski definition) is 1. The topological polar surface area (TPSA) is 75.8 Å². The second-order valence-corrected chi connectivity index (χ2v) is 6.74. The fourth-order valence-electron chi connectivity index (χ4n) is 3.88. The van der Waals surface area contributed by atoms with Gasteiger partial charge >= 0.3 is 0 Å². The lowest BCUT2D eigenvalue weighted by Crippen LogP contribution is -2.34. The number of nitrogens with zero attached hydrogens (tertiary/aromatic N) is 2. The normalized spacial score (nSPS) is 25.8. The molecule has 2 fully saturated rings. The number of ether oxygens (including phenoxy) is 1. The zero-order valence-electron chi connectivity index (χ0n) is 13.3. The first kappa shape index (κ1) is 16.2. The van der Waals surface area contributed by atoms with Crippen molar-refractivity contribution < 1.29 is 14.8 Å². The molecule has 1 heterocycles. The van der Waals surface area contributed by atoms with Gasteiger partial charge in [-0.05, 0) is 30.7 Å². The summed E-state index contributed by atoms with van der Waals surface area (Å²) in [6.45, 7) is 2.94. The molecule has 3 unspecified atom stereocenters. The van der Waals surface area contributed by atoms with Crippen molar-refractivity contribution >= 4 is 5.69 Å². The van der Waals surface area contributed by atoms with Crippen LogP contribution in [0, 0.1) is 22.0 Å². The Morgan fingerprint density at radius 3 is 2.65 bits per heavy atom. The Labute approximate surface area is 136 Å². The molecule has 1 saturated carbocycles. The number of hydrogen-bond acceptors (Lipinski definition) is 5. The molecule has 0 amide bonds. The van der Waals surface area contributed by atoms with Crippen molar-refractivity contribution in [1.29, 1.82) is 0 Å². The van der Waals surface area contributed by atoms with Crippen LogP contribution in [0.1, 0.15) is 25.7 Å². The molecule has 3 rings (SSSR count). The summed E-state index contributed by atoms with van der Waals surface area (Å²) in [4.78, 5) is 12.6. The summed E-state index contributed by atoms with van der Waals surface area (Å²) in [5.41, 5.74) is 0.000563. The summed E-state index contributed by atoms with van der Waals surface area (Å²) in [6.07, 6.45) is 4.75. The summed E-state index contributed by atoms with van der Waals surface area (Å²) in [6, 6.07) is 6.07. The van der Waals surface area contributed by atoms with Crippen molar-refractivity contribution in [2.75, 3.05) is 26.2 Å². The number of rotatable bonds is 6. The van der Waals surface area contributed by atoms with Crippen molar-refractivity contribution in [2.45, 2.75) is 31.8 Å². The van der Waals surface area contributed by atoms with Gasteiger partial charge in [0.15, 0.2) is 0 Å². The Hall–Kier alpha value is -1.66. The maximum absolute atomic E-state index is 10.7. The number of non-ortho nitro benzene ring substituents is 1. The Kier molecular flexibility index (Phi) is 5.13. The number of β-amino-alcohol motifs (C(OH)–C–C–N with tert-alkyl or cyclic N) is 1. The van der Waals surface area contributed by atoms with Crippen LogP contribution in [0.15, 0.2) is 24.3 Å². The fourth-order valence-corrected chi connectivity index (χ4v) is 3.88. The number of aliphatic hydroxyl groups excluding tert-OH is 1. The van der Waals surface area contributed by atoms with Gasteiger partial charge in [0.05, 0.1) is 11.0 Å². The Bertz CT molecular complexity index is 537. The molecule has 2 aliphatic rings. The molecule has 3 atom stereocenters. The molecule has 0 bridgehead atoms.